The standard InChI is InChI=1S/C16H17F2N3O/c17-15(18)16(22)20-19-14-9-3-2-7-13(14)8-6-12-21-10-4-1-5-11-21/h1-5,7,9-11,15,19H,6,8,12H2/p+1. The number of amides is 1. The van der Waals surface area contributed by atoms with Gasteiger partial charge in [-0.25, -0.2) is 4.57 Å². The third-order valence-corrected chi connectivity index (χ3v) is 3.18. The van der Waals surface area contributed by atoms with E-state index in [2.05, 4.69) is 9.99 Å². The number of anilines is 1. The Balaban J connectivity index is 1.89. The van der Waals surface area contributed by atoms with Crippen LogP contribution in [0.15, 0.2) is 54.9 Å². The number of rotatable bonds is 7. The minimum atomic E-state index is -3.03. The molecule has 0 saturated carbocycles. The summed E-state index contributed by atoms with van der Waals surface area (Å²) in [7, 11) is 0. The number of alkyl halides is 2. The Morgan fingerprint density at radius 1 is 1.09 bits per heavy atom. The molecule has 22 heavy (non-hydrogen) atoms. The molecule has 0 aliphatic heterocycles. The van der Waals surface area contributed by atoms with Crippen molar-refractivity contribution < 1.29 is 18.1 Å². The van der Waals surface area contributed by atoms with Crippen molar-refractivity contribution in [3.05, 3.63) is 60.4 Å². The van der Waals surface area contributed by atoms with Gasteiger partial charge < -0.3 is 0 Å². The quantitative estimate of drug-likeness (QED) is 0.609. The topological polar surface area (TPSA) is 45.0 Å². The van der Waals surface area contributed by atoms with Crippen LogP contribution in [0.1, 0.15) is 12.0 Å². The molecule has 6 heteroatoms. The minimum absolute atomic E-state index is 0.634. The van der Waals surface area contributed by atoms with Crippen LogP contribution >= 0.6 is 0 Å². The smallest absolute Gasteiger partial charge is 0.298 e. The average molecular weight is 306 g/mol. The van der Waals surface area contributed by atoms with E-state index in [0.717, 1.165) is 24.9 Å². The summed E-state index contributed by atoms with van der Waals surface area (Å²) in [6.45, 7) is 0.860. The molecule has 0 saturated heterocycles. The zero-order valence-corrected chi connectivity index (χ0v) is 12.0. The molecule has 1 amide bonds. The summed E-state index contributed by atoms with van der Waals surface area (Å²) >= 11 is 0. The predicted molar refractivity (Wildman–Crippen MR) is 79.2 cm³/mol. The average Bonchev–Trinajstić information content (AvgIpc) is 2.54. The van der Waals surface area contributed by atoms with E-state index in [4.69, 9.17) is 0 Å². The number of carbonyl (C=O) groups is 1. The maximum absolute atomic E-state index is 12.2. The van der Waals surface area contributed by atoms with Crippen molar-refractivity contribution in [2.24, 2.45) is 0 Å². The number of nitrogens with zero attached hydrogens (tertiary/aromatic N) is 1. The van der Waals surface area contributed by atoms with Gasteiger partial charge in [0.15, 0.2) is 12.4 Å². The van der Waals surface area contributed by atoms with Crippen LogP contribution in [0, 0.1) is 0 Å². The molecule has 1 aromatic carbocycles. The zero-order chi connectivity index (χ0) is 15.8. The number of aromatic nitrogens is 1. The van der Waals surface area contributed by atoms with Crippen molar-refractivity contribution in [1.29, 1.82) is 0 Å². The largest absolute Gasteiger partial charge is 0.317 e. The number of para-hydroxylation sites is 1. The van der Waals surface area contributed by atoms with Crippen molar-refractivity contribution in [3.63, 3.8) is 0 Å². The molecule has 2 N–H and O–H groups in total. The number of nitrogens with one attached hydrogen (secondary N) is 2. The van der Waals surface area contributed by atoms with Gasteiger partial charge in [-0.1, -0.05) is 24.3 Å². The van der Waals surface area contributed by atoms with Gasteiger partial charge in [-0.3, -0.25) is 15.6 Å². The SMILES string of the molecule is O=C(NNc1ccccc1CCC[n+]1ccccc1)C(F)F. The number of pyridine rings is 1. The third kappa shape index (κ3) is 4.80. The first-order valence-electron chi connectivity index (χ1n) is 7.03. The monoisotopic (exact) mass is 306 g/mol. The Bertz CT molecular complexity index is 605. The molecular weight excluding hydrogens is 288 g/mol. The van der Waals surface area contributed by atoms with E-state index in [1.807, 2.05) is 48.2 Å². The maximum atomic E-state index is 12.2. The van der Waals surface area contributed by atoms with Gasteiger partial charge in [0.25, 0.3) is 0 Å². The summed E-state index contributed by atoms with van der Waals surface area (Å²) in [5, 5.41) is 0. The van der Waals surface area contributed by atoms with E-state index in [1.165, 1.54) is 0 Å². The summed E-state index contributed by atoms with van der Waals surface area (Å²) in [4.78, 5) is 10.9. The maximum Gasteiger partial charge on any atom is 0.317 e. The second-order valence-corrected chi connectivity index (χ2v) is 4.79. The Hall–Kier alpha value is -2.50. The van der Waals surface area contributed by atoms with Crippen LogP contribution in [0.25, 0.3) is 0 Å². The number of carbonyl (C=O) groups excluding carboxylic acids is 1. The number of hydrazine groups is 1. The second kappa shape index (κ2) is 8.07. The molecule has 116 valence electrons. The van der Waals surface area contributed by atoms with E-state index in [9.17, 15) is 13.6 Å². The molecule has 1 aromatic heterocycles. The first-order valence-corrected chi connectivity index (χ1v) is 7.03. The molecule has 1 heterocycles. The van der Waals surface area contributed by atoms with E-state index >= 15 is 0 Å². The van der Waals surface area contributed by atoms with Crippen LogP contribution in [-0.2, 0) is 17.8 Å². The lowest BCUT2D eigenvalue weighted by atomic mass is 10.1. The third-order valence-electron chi connectivity index (χ3n) is 3.18. The first kappa shape index (κ1) is 15.9. The fraction of sp³-hybridized carbons (Fsp3) is 0.250. The molecule has 0 radical (unpaired) electrons. The Morgan fingerprint density at radius 3 is 2.55 bits per heavy atom. The normalized spacial score (nSPS) is 10.5. The summed E-state index contributed by atoms with van der Waals surface area (Å²) in [5.41, 5.74) is 6.16. The summed E-state index contributed by atoms with van der Waals surface area (Å²) in [6, 6.07) is 13.2. The highest BCUT2D eigenvalue weighted by molar-refractivity contribution is 5.80. The number of benzene rings is 1. The van der Waals surface area contributed by atoms with Crippen molar-refractivity contribution >= 4 is 11.6 Å². The van der Waals surface area contributed by atoms with Gasteiger partial charge in [0.2, 0.25) is 0 Å². The molecule has 4 nitrogen and oxygen atoms in total. The molecule has 0 fully saturated rings. The fourth-order valence-electron chi connectivity index (χ4n) is 2.08. The van der Waals surface area contributed by atoms with Crippen LogP contribution in [0.3, 0.4) is 0 Å². The van der Waals surface area contributed by atoms with Gasteiger partial charge in [0.05, 0.1) is 5.69 Å². The van der Waals surface area contributed by atoms with E-state index in [-0.39, 0.29) is 0 Å². The van der Waals surface area contributed by atoms with Gasteiger partial charge in [-0.15, -0.1) is 0 Å². The van der Waals surface area contributed by atoms with Crippen LogP contribution in [0.5, 0.6) is 0 Å². The van der Waals surface area contributed by atoms with Crippen molar-refractivity contribution in [2.45, 2.75) is 25.8 Å². The van der Waals surface area contributed by atoms with Crippen LogP contribution in [-0.4, -0.2) is 12.3 Å². The van der Waals surface area contributed by atoms with E-state index < -0.39 is 12.3 Å². The van der Waals surface area contributed by atoms with Gasteiger partial charge in [-0.2, -0.15) is 8.78 Å². The Kier molecular flexibility index (Phi) is 5.82. The molecule has 0 unspecified atom stereocenters. The highest BCUT2D eigenvalue weighted by atomic mass is 19.3. The van der Waals surface area contributed by atoms with Crippen LogP contribution in [0.2, 0.25) is 0 Å². The fourth-order valence-corrected chi connectivity index (χ4v) is 2.08. The van der Waals surface area contributed by atoms with Gasteiger partial charge in [-0.05, 0) is 18.1 Å². The van der Waals surface area contributed by atoms with Gasteiger partial charge >= 0.3 is 12.3 Å². The lowest BCUT2D eigenvalue weighted by molar-refractivity contribution is -0.697. The van der Waals surface area contributed by atoms with Crippen LogP contribution in [0.4, 0.5) is 14.5 Å². The number of hydrogen-bond acceptors (Lipinski definition) is 2. The van der Waals surface area contributed by atoms with Gasteiger partial charge in [0, 0.05) is 18.6 Å². The van der Waals surface area contributed by atoms with E-state index in [0.29, 0.717) is 5.69 Å². The molecule has 0 spiro atoms. The highest BCUT2D eigenvalue weighted by Crippen LogP contribution is 2.16. The summed E-state index contributed by atoms with van der Waals surface area (Å²) in [6.07, 6.45) is 2.63. The molecule has 0 atom stereocenters. The molecule has 0 aliphatic carbocycles. The van der Waals surface area contributed by atoms with Crippen molar-refractivity contribution in [2.75, 3.05) is 5.43 Å². The van der Waals surface area contributed by atoms with Crippen molar-refractivity contribution in [1.82, 2.24) is 5.43 Å². The summed E-state index contributed by atoms with van der Waals surface area (Å²) < 4.78 is 26.4. The number of halogens is 2. The zero-order valence-electron chi connectivity index (χ0n) is 12.0. The Morgan fingerprint density at radius 2 is 1.82 bits per heavy atom. The molecule has 0 bridgehead atoms. The second-order valence-electron chi connectivity index (χ2n) is 4.79. The highest BCUT2D eigenvalue weighted by Gasteiger charge is 2.14. The Labute approximate surface area is 127 Å². The lowest BCUT2D eigenvalue weighted by Crippen LogP contribution is -2.34. The van der Waals surface area contributed by atoms with E-state index in [1.54, 1.807) is 12.1 Å². The minimum Gasteiger partial charge on any atom is -0.298 e. The number of hydrogen-bond donors (Lipinski definition) is 2. The molecule has 2 rings (SSSR count). The molecule has 0 aliphatic rings. The van der Waals surface area contributed by atoms with Crippen LogP contribution < -0.4 is 15.4 Å². The van der Waals surface area contributed by atoms with Crippen molar-refractivity contribution in [3.8, 4) is 0 Å². The molecular formula is C16H18F2N3O+. The molecule has 2 aromatic rings. The van der Waals surface area contributed by atoms with Gasteiger partial charge in [0.1, 0.15) is 6.54 Å². The predicted octanol–water partition coefficient (Wildman–Crippen LogP) is 2.32. The number of aryl methyl sites for hydroxylation is 2. The lowest BCUT2D eigenvalue weighted by Gasteiger charge is -2.12. The summed E-state index contributed by atoms with van der Waals surface area (Å²) in [5.74, 6) is -1.34. The first-order chi connectivity index (χ1) is 10.7.